The van der Waals surface area contributed by atoms with Crippen LogP contribution in [-0.4, -0.2) is 65.8 Å². The van der Waals surface area contributed by atoms with Crippen LogP contribution in [-0.2, 0) is 25.4 Å². The van der Waals surface area contributed by atoms with Crippen LogP contribution in [0.2, 0.25) is 0 Å². The Morgan fingerprint density at radius 1 is 1.12 bits per heavy atom. The van der Waals surface area contributed by atoms with E-state index in [0.29, 0.717) is 30.9 Å². The molecule has 9 nitrogen and oxygen atoms in total. The minimum Gasteiger partial charge on any atom is -0.461 e. The second-order valence-corrected chi connectivity index (χ2v) is 13.0. The molecule has 2 amide bonds. The molecule has 0 aliphatic heterocycles. The zero-order valence-corrected chi connectivity index (χ0v) is 27.7. The molecule has 43 heavy (non-hydrogen) atoms. The van der Waals surface area contributed by atoms with Gasteiger partial charge in [0.05, 0.1) is 5.92 Å². The lowest BCUT2D eigenvalue weighted by atomic mass is 9.96. The fraction of sp³-hybridized carbons (Fsp3) is 0.576. The van der Waals surface area contributed by atoms with Gasteiger partial charge < -0.3 is 24.4 Å². The van der Waals surface area contributed by atoms with Crippen molar-refractivity contribution in [3.05, 3.63) is 64.6 Å². The van der Waals surface area contributed by atoms with E-state index in [1.54, 1.807) is 24.3 Å². The number of carbonyl (C=O) groups is 3. The van der Waals surface area contributed by atoms with Crippen molar-refractivity contribution in [3.8, 4) is 0 Å². The van der Waals surface area contributed by atoms with Crippen LogP contribution >= 0.6 is 11.3 Å². The Kier molecular flexibility index (Phi) is 14.3. The van der Waals surface area contributed by atoms with Crippen LogP contribution in [0.4, 0.5) is 4.79 Å². The molecule has 2 aromatic rings. The van der Waals surface area contributed by atoms with Gasteiger partial charge in [-0.1, -0.05) is 63.8 Å². The van der Waals surface area contributed by atoms with Crippen LogP contribution in [0, 0.1) is 11.8 Å². The molecule has 2 rings (SSSR count). The molecule has 0 saturated carbocycles. The number of nitrogens with zero attached hydrogens (tertiary/aromatic N) is 2. The number of aromatic nitrogens is 1. The van der Waals surface area contributed by atoms with Gasteiger partial charge >= 0.3 is 12.1 Å². The van der Waals surface area contributed by atoms with Crippen molar-refractivity contribution in [1.82, 2.24) is 15.2 Å². The minimum absolute atomic E-state index is 0.127. The maximum absolute atomic E-state index is 13.4. The van der Waals surface area contributed by atoms with Crippen molar-refractivity contribution in [1.29, 1.82) is 0 Å². The minimum atomic E-state index is -0.605. The van der Waals surface area contributed by atoms with E-state index in [4.69, 9.17) is 14.2 Å². The zero-order chi connectivity index (χ0) is 32.2. The first-order valence-electron chi connectivity index (χ1n) is 14.9. The number of hydrogen-bond acceptors (Lipinski definition) is 8. The number of nitrogens with one attached hydrogen (secondary N) is 1. The van der Waals surface area contributed by atoms with E-state index >= 15 is 0 Å². The highest BCUT2D eigenvalue weighted by molar-refractivity contribution is 7.09. The normalized spacial score (nSPS) is 14.3. The lowest BCUT2D eigenvalue weighted by Gasteiger charge is -2.34. The number of thiazole rings is 1. The molecule has 0 radical (unpaired) electrons. The average Bonchev–Trinajstić information content (AvgIpc) is 3.43. The van der Waals surface area contributed by atoms with Crippen molar-refractivity contribution in [3.63, 3.8) is 0 Å². The maximum atomic E-state index is 13.4. The van der Waals surface area contributed by atoms with Crippen molar-refractivity contribution >= 4 is 29.3 Å². The molecule has 1 aromatic carbocycles. The maximum Gasteiger partial charge on any atom is 0.410 e. The van der Waals surface area contributed by atoms with Crippen LogP contribution in [0.3, 0.4) is 0 Å². The van der Waals surface area contributed by atoms with E-state index in [2.05, 4.69) is 30.7 Å². The van der Waals surface area contributed by atoms with Gasteiger partial charge in [0.1, 0.15) is 29.0 Å². The van der Waals surface area contributed by atoms with Crippen LogP contribution in [0.5, 0.6) is 0 Å². The Morgan fingerprint density at radius 3 is 2.37 bits per heavy atom. The molecule has 0 fully saturated rings. The lowest BCUT2D eigenvalue weighted by Crippen LogP contribution is -2.44. The first kappa shape index (κ1) is 36.0. The second kappa shape index (κ2) is 17.2. The summed E-state index contributed by atoms with van der Waals surface area (Å²) in [6.45, 7) is 17.5. The fourth-order valence-electron chi connectivity index (χ4n) is 4.70. The molecule has 238 valence electrons. The van der Waals surface area contributed by atoms with E-state index in [9.17, 15) is 14.4 Å². The second-order valence-electron chi connectivity index (χ2n) is 12.1. The summed E-state index contributed by atoms with van der Waals surface area (Å²) in [5, 5.41) is 5.47. The average molecular weight is 616 g/mol. The number of carbonyl (C=O) groups excluding carboxylic acids is 3. The summed E-state index contributed by atoms with van der Waals surface area (Å²) < 4.78 is 16.9. The number of ether oxygens (including phenoxy) is 3. The fourth-order valence-corrected chi connectivity index (χ4v) is 5.56. The predicted octanol–water partition coefficient (Wildman–Crippen LogP) is 6.60. The summed E-state index contributed by atoms with van der Waals surface area (Å²) >= 11 is 1.35. The van der Waals surface area contributed by atoms with Crippen molar-refractivity contribution < 1.29 is 28.6 Å². The Labute approximate surface area is 261 Å². The summed E-state index contributed by atoms with van der Waals surface area (Å²) in [4.78, 5) is 45.0. The highest BCUT2D eigenvalue weighted by atomic mass is 32.1. The van der Waals surface area contributed by atoms with Gasteiger partial charge in [-0.15, -0.1) is 11.3 Å². The summed E-state index contributed by atoms with van der Waals surface area (Å²) in [5.74, 6) is -0.949. The highest BCUT2D eigenvalue weighted by Gasteiger charge is 2.32. The third-order valence-electron chi connectivity index (χ3n) is 6.85. The molecule has 1 aromatic heterocycles. The molecule has 4 atom stereocenters. The summed E-state index contributed by atoms with van der Waals surface area (Å²) in [5.41, 5.74) is 0.723. The zero-order valence-electron chi connectivity index (χ0n) is 26.9. The van der Waals surface area contributed by atoms with Gasteiger partial charge in [0.15, 0.2) is 0 Å². The largest absolute Gasteiger partial charge is 0.461 e. The van der Waals surface area contributed by atoms with E-state index in [1.165, 1.54) is 17.4 Å². The smallest absolute Gasteiger partial charge is 0.410 e. The number of esters is 1. The number of amides is 2. The Bertz CT molecular complexity index is 1180. The topological polar surface area (TPSA) is 107 Å². The highest BCUT2D eigenvalue weighted by Crippen LogP contribution is 2.30. The van der Waals surface area contributed by atoms with Gasteiger partial charge in [-0.25, -0.2) is 9.78 Å². The quantitative estimate of drug-likeness (QED) is 0.168. The molecule has 0 unspecified atom stereocenters. The van der Waals surface area contributed by atoms with E-state index < -0.39 is 23.7 Å². The molecule has 1 N–H and O–H groups in total. The van der Waals surface area contributed by atoms with Crippen molar-refractivity contribution in [2.75, 3.05) is 20.3 Å². The van der Waals surface area contributed by atoms with Gasteiger partial charge in [-0.2, -0.15) is 0 Å². The monoisotopic (exact) mass is 615 g/mol. The Morgan fingerprint density at radius 2 is 1.79 bits per heavy atom. The molecule has 0 aliphatic rings. The van der Waals surface area contributed by atoms with Gasteiger partial charge in [0.25, 0.3) is 5.91 Å². The molecule has 0 saturated heterocycles. The standard InChI is InChI=1S/C33H49N3O6S/c1-10-17-41-31(38)23(5)18-25(19-24-15-13-12-14-16-24)34-29(37)26-21-43-30(35-26)28(40-11-2)20-27(22(3)4)36(9)32(39)42-33(6,7)8/h10,12-16,21-23,25,27-28H,1,11,17-20H2,2-9H3,(H,34,37)/t23-,25+,27+,28+/m0/s1. The van der Waals surface area contributed by atoms with Crippen LogP contribution < -0.4 is 5.32 Å². The van der Waals surface area contributed by atoms with Gasteiger partial charge in [0, 0.05) is 37.5 Å². The molecule has 10 heteroatoms. The molecule has 0 bridgehead atoms. The Hall–Kier alpha value is -3.24. The first-order chi connectivity index (χ1) is 20.2. The SMILES string of the molecule is C=CCOC(=O)[C@@H](C)C[C@H](Cc1ccccc1)NC(=O)c1csc([C@@H](C[C@H](C(C)C)N(C)C(=O)OC(C)(C)C)OCC)n1. The van der Waals surface area contributed by atoms with Gasteiger partial charge in [0.2, 0.25) is 0 Å². The third kappa shape index (κ3) is 12.1. The predicted molar refractivity (Wildman–Crippen MR) is 170 cm³/mol. The summed E-state index contributed by atoms with van der Waals surface area (Å²) in [6, 6.07) is 9.32. The van der Waals surface area contributed by atoms with Crippen molar-refractivity contribution in [2.45, 2.75) is 91.5 Å². The van der Waals surface area contributed by atoms with E-state index in [1.807, 2.05) is 58.0 Å². The van der Waals surface area contributed by atoms with E-state index in [-0.39, 0.29) is 42.2 Å². The first-order valence-corrected chi connectivity index (χ1v) is 15.8. The lowest BCUT2D eigenvalue weighted by molar-refractivity contribution is -0.147. The number of hydrogen-bond donors (Lipinski definition) is 1. The van der Waals surface area contributed by atoms with Gasteiger partial charge in [-0.05, 0) is 52.0 Å². The Balaban J connectivity index is 2.21. The van der Waals surface area contributed by atoms with Crippen LogP contribution in [0.15, 0.2) is 48.4 Å². The van der Waals surface area contributed by atoms with Crippen molar-refractivity contribution in [2.24, 2.45) is 11.8 Å². The van der Waals surface area contributed by atoms with Crippen LogP contribution in [0.1, 0.15) is 88.5 Å². The number of rotatable bonds is 16. The summed E-state index contributed by atoms with van der Waals surface area (Å²) in [7, 11) is 1.74. The van der Waals surface area contributed by atoms with Gasteiger partial charge in [-0.3, -0.25) is 9.59 Å². The molecular weight excluding hydrogens is 566 g/mol. The molecular formula is C33H49N3O6S. The summed E-state index contributed by atoms with van der Waals surface area (Å²) in [6.07, 6.45) is 2.18. The van der Waals surface area contributed by atoms with E-state index in [0.717, 1.165) is 5.56 Å². The molecule has 0 aliphatic carbocycles. The molecule has 1 heterocycles. The van der Waals surface area contributed by atoms with Crippen LogP contribution in [0.25, 0.3) is 0 Å². The third-order valence-corrected chi connectivity index (χ3v) is 7.78. The number of benzene rings is 1. The molecule has 0 spiro atoms.